The van der Waals surface area contributed by atoms with Crippen molar-refractivity contribution in [3.63, 3.8) is 0 Å². The van der Waals surface area contributed by atoms with E-state index in [1.165, 1.54) is 16.7 Å². The minimum atomic E-state index is -0.304. The molecule has 7 nitrogen and oxygen atoms in total. The van der Waals surface area contributed by atoms with E-state index >= 15 is 0 Å². The van der Waals surface area contributed by atoms with Crippen molar-refractivity contribution in [1.82, 2.24) is 25.6 Å². The predicted octanol–water partition coefficient (Wildman–Crippen LogP) is 6.48. The summed E-state index contributed by atoms with van der Waals surface area (Å²) in [4.78, 5) is 39.1. The lowest BCUT2D eigenvalue weighted by Gasteiger charge is -2.16. The van der Waals surface area contributed by atoms with Gasteiger partial charge in [0.15, 0.2) is 0 Å². The van der Waals surface area contributed by atoms with Gasteiger partial charge < -0.3 is 15.6 Å². The van der Waals surface area contributed by atoms with E-state index in [1.807, 2.05) is 48.9 Å². The molecular weight excluding hydrogens is 526 g/mol. The number of benzene rings is 3. The number of carbonyl (C=O) groups excluding carboxylic acids is 2. The van der Waals surface area contributed by atoms with Crippen LogP contribution in [0.25, 0.3) is 22.0 Å². The number of H-pyrrole nitrogens is 1. The third-order valence-electron chi connectivity index (χ3n) is 6.50. The fourth-order valence-corrected chi connectivity index (χ4v) is 5.57. The van der Waals surface area contributed by atoms with E-state index in [1.54, 1.807) is 23.5 Å². The molecule has 1 atom stereocenters. The van der Waals surface area contributed by atoms with Gasteiger partial charge in [0, 0.05) is 17.0 Å². The molecule has 39 heavy (non-hydrogen) atoms. The average Bonchev–Trinajstić information content (AvgIpc) is 3.69. The average molecular weight is 556 g/mol. The maximum atomic E-state index is 12.9. The number of hydrogen-bond acceptors (Lipinski definition) is 6. The lowest BCUT2D eigenvalue weighted by atomic mass is 10.1. The standard InChI is InChI=1S/C30H29N5O2S2/c1-38-26-12-5-4-10-23(26)29(36)32-15-7-6-11-24(35-30(37)27-18-31-19-39-27)28-33-17-25(34-28)22-14-13-20-8-2-3-9-21(20)16-22/h2-5,8-10,12-14,16-19,24H,6-7,11,15H2,1H3,(H,32,36)(H,33,34)(H,35,37). The van der Waals surface area contributed by atoms with Gasteiger partial charge in [-0.25, -0.2) is 4.98 Å². The second-order valence-corrected chi connectivity index (χ2v) is 10.8. The molecule has 0 radical (unpaired) electrons. The maximum Gasteiger partial charge on any atom is 0.263 e. The van der Waals surface area contributed by atoms with Crippen LogP contribution in [0.1, 0.15) is 51.2 Å². The fourth-order valence-electron chi connectivity index (χ4n) is 4.45. The summed E-state index contributed by atoms with van der Waals surface area (Å²) in [6, 6.07) is 21.8. The van der Waals surface area contributed by atoms with Gasteiger partial charge in [0.05, 0.1) is 35.2 Å². The zero-order valence-electron chi connectivity index (χ0n) is 21.5. The zero-order valence-corrected chi connectivity index (χ0v) is 23.1. The van der Waals surface area contributed by atoms with Crippen molar-refractivity contribution >= 4 is 45.7 Å². The molecule has 2 aromatic heterocycles. The summed E-state index contributed by atoms with van der Waals surface area (Å²) >= 11 is 2.86. The smallest absolute Gasteiger partial charge is 0.263 e. The Balaban J connectivity index is 1.24. The summed E-state index contributed by atoms with van der Waals surface area (Å²) < 4.78 is 0. The quantitative estimate of drug-likeness (QED) is 0.128. The van der Waals surface area contributed by atoms with Gasteiger partial charge in [0.1, 0.15) is 10.7 Å². The highest BCUT2D eigenvalue weighted by Crippen LogP contribution is 2.26. The van der Waals surface area contributed by atoms with E-state index < -0.39 is 0 Å². The summed E-state index contributed by atoms with van der Waals surface area (Å²) in [5, 5.41) is 8.48. The number of amides is 2. The molecule has 2 amide bonds. The number of aromatic nitrogens is 3. The SMILES string of the molecule is CSc1ccccc1C(=O)NCCCCC(NC(=O)c1cncs1)c1ncc(-c2ccc3ccccc3c2)[nH]1. The van der Waals surface area contributed by atoms with Gasteiger partial charge in [-0.1, -0.05) is 48.5 Å². The van der Waals surface area contributed by atoms with Crippen LogP contribution in [0.4, 0.5) is 0 Å². The Morgan fingerprint density at radius 3 is 2.62 bits per heavy atom. The zero-order chi connectivity index (χ0) is 27.0. The molecule has 0 aliphatic carbocycles. The number of hydrogen-bond donors (Lipinski definition) is 3. The molecular formula is C30H29N5O2S2. The molecule has 3 N–H and O–H groups in total. The summed E-state index contributed by atoms with van der Waals surface area (Å²) in [6.45, 7) is 0.553. The van der Waals surface area contributed by atoms with Crippen molar-refractivity contribution in [3.8, 4) is 11.3 Å². The molecule has 5 rings (SSSR count). The van der Waals surface area contributed by atoms with Crippen molar-refractivity contribution in [2.75, 3.05) is 12.8 Å². The second-order valence-electron chi connectivity index (χ2n) is 9.09. The molecule has 0 spiro atoms. The highest BCUT2D eigenvalue weighted by atomic mass is 32.2. The number of fused-ring (bicyclic) bond motifs is 1. The summed E-state index contributed by atoms with van der Waals surface area (Å²) in [5.74, 6) is 0.461. The van der Waals surface area contributed by atoms with Crippen molar-refractivity contribution in [1.29, 1.82) is 0 Å². The third kappa shape index (κ3) is 6.55. The van der Waals surface area contributed by atoms with E-state index in [-0.39, 0.29) is 17.9 Å². The Morgan fingerprint density at radius 2 is 1.79 bits per heavy atom. The first kappa shape index (κ1) is 26.6. The molecule has 0 bridgehead atoms. The molecule has 3 aromatic carbocycles. The normalized spacial score (nSPS) is 11.8. The molecule has 5 aromatic rings. The van der Waals surface area contributed by atoms with Gasteiger partial charge in [-0.05, 0) is 54.5 Å². The van der Waals surface area contributed by atoms with Gasteiger partial charge >= 0.3 is 0 Å². The van der Waals surface area contributed by atoms with Gasteiger partial charge in [-0.2, -0.15) is 0 Å². The van der Waals surface area contributed by atoms with Crippen molar-refractivity contribution in [2.45, 2.75) is 30.2 Å². The monoisotopic (exact) mass is 555 g/mol. The molecule has 0 aliphatic rings. The Bertz CT molecular complexity index is 1560. The number of carbonyl (C=O) groups is 2. The van der Waals surface area contributed by atoms with E-state index in [4.69, 9.17) is 0 Å². The van der Waals surface area contributed by atoms with Crippen LogP contribution in [0, 0.1) is 0 Å². The first-order valence-corrected chi connectivity index (χ1v) is 14.9. The Morgan fingerprint density at radius 1 is 0.974 bits per heavy atom. The summed E-state index contributed by atoms with van der Waals surface area (Å²) in [5.41, 5.74) is 4.27. The van der Waals surface area contributed by atoms with Crippen LogP contribution < -0.4 is 10.6 Å². The molecule has 0 saturated heterocycles. The molecule has 0 fully saturated rings. The minimum Gasteiger partial charge on any atom is -0.352 e. The van der Waals surface area contributed by atoms with Crippen molar-refractivity contribution in [3.05, 3.63) is 101 Å². The molecule has 198 valence electrons. The minimum absolute atomic E-state index is 0.0685. The number of thiazole rings is 1. The predicted molar refractivity (Wildman–Crippen MR) is 158 cm³/mol. The van der Waals surface area contributed by atoms with Gasteiger partial charge in [-0.15, -0.1) is 23.1 Å². The van der Waals surface area contributed by atoms with Gasteiger partial charge in [0.2, 0.25) is 0 Å². The van der Waals surface area contributed by atoms with E-state index in [9.17, 15) is 9.59 Å². The van der Waals surface area contributed by atoms with Crippen LogP contribution in [-0.4, -0.2) is 39.6 Å². The number of imidazole rings is 1. The first-order valence-electron chi connectivity index (χ1n) is 12.8. The Kier molecular flexibility index (Phi) is 8.70. The molecule has 0 aliphatic heterocycles. The van der Waals surface area contributed by atoms with Crippen LogP contribution in [0.2, 0.25) is 0 Å². The van der Waals surface area contributed by atoms with Gasteiger partial charge in [-0.3, -0.25) is 14.6 Å². The number of rotatable bonds is 11. The lowest BCUT2D eigenvalue weighted by Crippen LogP contribution is -2.29. The van der Waals surface area contributed by atoms with Crippen molar-refractivity contribution < 1.29 is 9.59 Å². The summed E-state index contributed by atoms with van der Waals surface area (Å²) in [6.07, 6.45) is 7.60. The number of thioether (sulfide) groups is 1. The Hall–Kier alpha value is -3.95. The summed E-state index contributed by atoms with van der Waals surface area (Å²) in [7, 11) is 0. The molecule has 9 heteroatoms. The fraction of sp³-hybridized carbons (Fsp3) is 0.200. The lowest BCUT2D eigenvalue weighted by molar-refractivity contribution is 0.0935. The number of aromatic amines is 1. The van der Waals surface area contributed by atoms with Crippen LogP contribution in [-0.2, 0) is 0 Å². The molecule has 1 unspecified atom stereocenters. The number of unbranched alkanes of at least 4 members (excludes halogenated alkanes) is 1. The highest BCUT2D eigenvalue weighted by Gasteiger charge is 2.20. The van der Waals surface area contributed by atoms with Gasteiger partial charge in [0.25, 0.3) is 11.8 Å². The van der Waals surface area contributed by atoms with Crippen LogP contribution >= 0.6 is 23.1 Å². The van der Waals surface area contributed by atoms with E-state index in [0.29, 0.717) is 29.2 Å². The van der Waals surface area contributed by atoms with Crippen molar-refractivity contribution in [2.24, 2.45) is 0 Å². The third-order valence-corrected chi connectivity index (χ3v) is 8.07. The first-order chi connectivity index (χ1) is 19.1. The van der Waals surface area contributed by atoms with Crippen LogP contribution in [0.3, 0.4) is 0 Å². The Labute approximate surface area is 235 Å². The van der Waals surface area contributed by atoms with Crippen LogP contribution in [0.5, 0.6) is 0 Å². The highest BCUT2D eigenvalue weighted by molar-refractivity contribution is 7.98. The largest absolute Gasteiger partial charge is 0.352 e. The maximum absolute atomic E-state index is 12.9. The van der Waals surface area contributed by atoms with E-state index in [2.05, 4.69) is 55.9 Å². The second kappa shape index (κ2) is 12.7. The van der Waals surface area contributed by atoms with E-state index in [0.717, 1.165) is 34.4 Å². The molecule has 0 saturated carbocycles. The van der Waals surface area contributed by atoms with Crippen LogP contribution in [0.15, 0.2) is 89.5 Å². The molecule has 2 heterocycles. The number of nitrogens with zero attached hydrogens (tertiary/aromatic N) is 2. The number of nitrogens with one attached hydrogen (secondary N) is 3. The topological polar surface area (TPSA) is 99.8 Å².